The minimum atomic E-state index is -0.950. The molecule has 0 aromatic heterocycles. The van der Waals surface area contributed by atoms with E-state index in [4.69, 9.17) is 10.8 Å². The van der Waals surface area contributed by atoms with Gasteiger partial charge in [-0.25, -0.2) is 0 Å². The van der Waals surface area contributed by atoms with Gasteiger partial charge in [0, 0.05) is 16.2 Å². The van der Waals surface area contributed by atoms with Crippen molar-refractivity contribution in [3.8, 4) is 0 Å². The van der Waals surface area contributed by atoms with Gasteiger partial charge in [0.15, 0.2) is 0 Å². The molecule has 1 amide bonds. The van der Waals surface area contributed by atoms with Crippen LogP contribution in [0, 0.1) is 5.92 Å². The molecule has 0 aliphatic rings. The van der Waals surface area contributed by atoms with Crippen molar-refractivity contribution in [3.05, 3.63) is 28.2 Å². The van der Waals surface area contributed by atoms with E-state index in [1.165, 1.54) is 6.07 Å². The molecule has 0 aliphatic carbocycles. The predicted octanol–water partition coefficient (Wildman–Crippen LogP) is 1.87. The van der Waals surface area contributed by atoms with Crippen LogP contribution in [0.4, 0.5) is 5.69 Å². The molecular weight excluding hydrogens is 300 g/mol. The van der Waals surface area contributed by atoms with Gasteiger partial charge >= 0.3 is 5.97 Å². The van der Waals surface area contributed by atoms with E-state index in [1.807, 2.05) is 0 Å². The summed E-state index contributed by atoms with van der Waals surface area (Å²) < 4.78 is 0.615. The van der Waals surface area contributed by atoms with Gasteiger partial charge in [-0.3, -0.25) is 9.59 Å². The number of rotatable bonds is 4. The first-order chi connectivity index (χ1) is 8.32. The highest BCUT2D eigenvalue weighted by atomic mass is 79.9. The van der Waals surface area contributed by atoms with Crippen LogP contribution in [0.3, 0.4) is 0 Å². The van der Waals surface area contributed by atoms with Crippen molar-refractivity contribution in [1.29, 1.82) is 0 Å². The molecule has 1 aromatic carbocycles. The van der Waals surface area contributed by atoms with Crippen molar-refractivity contribution < 1.29 is 14.7 Å². The number of nitrogens with two attached hydrogens (primary N) is 1. The lowest BCUT2D eigenvalue weighted by Crippen LogP contribution is -2.40. The van der Waals surface area contributed by atoms with Crippen molar-refractivity contribution in [2.45, 2.75) is 19.9 Å². The molecule has 0 radical (unpaired) electrons. The number of nitrogens with one attached hydrogen (secondary N) is 1. The lowest BCUT2D eigenvalue weighted by atomic mass is 10.0. The Bertz CT molecular complexity index is 476. The highest BCUT2D eigenvalue weighted by Crippen LogP contribution is 2.19. The van der Waals surface area contributed by atoms with E-state index in [9.17, 15) is 9.59 Å². The maximum absolute atomic E-state index is 12.0. The first kappa shape index (κ1) is 14.5. The van der Waals surface area contributed by atoms with Crippen LogP contribution < -0.4 is 11.1 Å². The Morgan fingerprint density at radius 3 is 2.56 bits per heavy atom. The van der Waals surface area contributed by atoms with E-state index in [0.29, 0.717) is 15.7 Å². The first-order valence-corrected chi connectivity index (χ1v) is 6.21. The Morgan fingerprint density at radius 2 is 2.00 bits per heavy atom. The lowest BCUT2D eigenvalue weighted by Gasteiger charge is -2.18. The quantitative estimate of drug-likeness (QED) is 0.740. The zero-order valence-electron chi connectivity index (χ0n) is 10.1. The summed E-state index contributed by atoms with van der Waals surface area (Å²) >= 11 is 3.25. The molecule has 6 heteroatoms. The number of hydrogen-bond acceptors (Lipinski definition) is 3. The van der Waals surface area contributed by atoms with Crippen LogP contribution in [0.5, 0.6) is 0 Å². The maximum Gasteiger partial charge on any atom is 0.308 e. The molecular formula is C12H15BrN2O3. The van der Waals surface area contributed by atoms with Crippen LogP contribution in [0.15, 0.2) is 22.7 Å². The van der Waals surface area contributed by atoms with E-state index in [1.54, 1.807) is 26.0 Å². The monoisotopic (exact) mass is 314 g/mol. The minimum absolute atomic E-state index is 0.352. The summed E-state index contributed by atoms with van der Waals surface area (Å²) in [5, 5.41) is 11.5. The average molecular weight is 315 g/mol. The molecule has 4 N–H and O–H groups in total. The highest BCUT2D eigenvalue weighted by molar-refractivity contribution is 9.10. The Labute approximate surface area is 113 Å². The summed E-state index contributed by atoms with van der Waals surface area (Å²) in [4.78, 5) is 22.8. The first-order valence-electron chi connectivity index (χ1n) is 5.41. The van der Waals surface area contributed by atoms with Gasteiger partial charge < -0.3 is 16.2 Å². The molecule has 0 spiro atoms. The van der Waals surface area contributed by atoms with Crippen molar-refractivity contribution in [2.75, 3.05) is 5.73 Å². The maximum atomic E-state index is 12.0. The Kier molecular flexibility index (Phi) is 4.72. The van der Waals surface area contributed by atoms with Gasteiger partial charge in [-0.2, -0.15) is 0 Å². The van der Waals surface area contributed by atoms with Crippen LogP contribution in [0.2, 0.25) is 0 Å². The molecule has 98 valence electrons. The smallest absolute Gasteiger partial charge is 0.308 e. The Morgan fingerprint density at radius 1 is 1.39 bits per heavy atom. The number of carboxylic acid groups (broad SMARTS) is 1. The number of aliphatic carboxylic acids is 1. The van der Waals surface area contributed by atoms with Crippen molar-refractivity contribution >= 4 is 33.5 Å². The second-order valence-corrected chi connectivity index (χ2v) is 4.98. The molecule has 0 saturated carbocycles. The average Bonchev–Trinajstić information content (AvgIpc) is 2.30. The normalized spacial score (nSPS) is 13.7. The van der Waals surface area contributed by atoms with Gasteiger partial charge in [0.2, 0.25) is 0 Å². The summed E-state index contributed by atoms with van der Waals surface area (Å²) in [6.45, 7) is 3.19. The largest absolute Gasteiger partial charge is 0.481 e. The van der Waals surface area contributed by atoms with Gasteiger partial charge in [0.05, 0.1) is 11.5 Å². The third-order valence-electron chi connectivity index (χ3n) is 2.73. The van der Waals surface area contributed by atoms with E-state index >= 15 is 0 Å². The van der Waals surface area contributed by atoms with E-state index < -0.39 is 17.9 Å². The zero-order valence-corrected chi connectivity index (χ0v) is 11.7. The van der Waals surface area contributed by atoms with E-state index in [-0.39, 0.29) is 5.91 Å². The molecule has 1 aromatic rings. The van der Waals surface area contributed by atoms with Crippen molar-refractivity contribution in [1.82, 2.24) is 5.32 Å². The topological polar surface area (TPSA) is 92.4 Å². The van der Waals surface area contributed by atoms with Crippen LogP contribution in [0.25, 0.3) is 0 Å². The summed E-state index contributed by atoms with van der Waals surface area (Å²) in [5.41, 5.74) is 6.47. The zero-order chi connectivity index (χ0) is 13.9. The van der Waals surface area contributed by atoms with Crippen molar-refractivity contribution in [3.63, 3.8) is 0 Å². The fraction of sp³-hybridized carbons (Fsp3) is 0.333. The molecule has 1 rings (SSSR count). The SMILES string of the molecule is CC(NC(=O)c1cc(N)ccc1Br)C(C)C(=O)O. The Hall–Kier alpha value is -1.56. The van der Waals surface area contributed by atoms with Gasteiger partial charge in [0.25, 0.3) is 5.91 Å². The minimum Gasteiger partial charge on any atom is -0.481 e. The number of anilines is 1. The predicted molar refractivity (Wildman–Crippen MR) is 72.3 cm³/mol. The number of carbonyl (C=O) groups is 2. The number of benzene rings is 1. The molecule has 0 heterocycles. The second-order valence-electron chi connectivity index (χ2n) is 4.13. The van der Waals surface area contributed by atoms with Crippen LogP contribution in [-0.2, 0) is 4.79 Å². The summed E-state index contributed by atoms with van der Waals surface area (Å²) in [7, 11) is 0. The molecule has 2 unspecified atom stereocenters. The molecule has 2 atom stereocenters. The molecule has 0 bridgehead atoms. The number of carboxylic acids is 1. The molecule has 18 heavy (non-hydrogen) atoms. The summed E-state index contributed by atoms with van der Waals surface area (Å²) in [5.74, 6) is -1.96. The summed E-state index contributed by atoms with van der Waals surface area (Å²) in [6.07, 6.45) is 0. The van der Waals surface area contributed by atoms with Crippen LogP contribution in [0.1, 0.15) is 24.2 Å². The van der Waals surface area contributed by atoms with Gasteiger partial charge in [-0.15, -0.1) is 0 Å². The third-order valence-corrected chi connectivity index (χ3v) is 3.42. The van der Waals surface area contributed by atoms with Crippen molar-refractivity contribution in [2.24, 2.45) is 5.92 Å². The number of nitrogen functional groups attached to an aromatic ring is 1. The van der Waals surface area contributed by atoms with Gasteiger partial charge in [-0.1, -0.05) is 0 Å². The van der Waals surface area contributed by atoms with Gasteiger partial charge in [-0.05, 0) is 48.0 Å². The van der Waals surface area contributed by atoms with E-state index in [0.717, 1.165) is 0 Å². The molecule has 0 saturated heterocycles. The summed E-state index contributed by atoms with van der Waals surface area (Å²) in [6, 6.07) is 4.42. The molecule has 0 fully saturated rings. The van der Waals surface area contributed by atoms with Crippen LogP contribution in [-0.4, -0.2) is 23.0 Å². The highest BCUT2D eigenvalue weighted by Gasteiger charge is 2.22. The van der Waals surface area contributed by atoms with E-state index in [2.05, 4.69) is 21.2 Å². The van der Waals surface area contributed by atoms with Crippen LogP contribution >= 0.6 is 15.9 Å². The fourth-order valence-corrected chi connectivity index (χ4v) is 1.77. The van der Waals surface area contributed by atoms with Gasteiger partial charge in [0.1, 0.15) is 0 Å². The molecule has 5 nitrogen and oxygen atoms in total. The number of carbonyl (C=O) groups excluding carboxylic acids is 1. The number of amides is 1. The number of hydrogen-bond donors (Lipinski definition) is 3. The third kappa shape index (κ3) is 3.46. The second kappa shape index (κ2) is 5.86. The fourth-order valence-electron chi connectivity index (χ4n) is 1.34. The molecule has 0 aliphatic heterocycles. The standard InChI is InChI=1S/C12H15BrN2O3/c1-6(12(17)18)7(2)15-11(16)9-5-8(14)3-4-10(9)13/h3-7H,14H2,1-2H3,(H,15,16)(H,17,18). The Balaban J connectivity index is 2.82. The lowest BCUT2D eigenvalue weighted by molar-refractivity contribution is -0.141. The number of halogens is 1.